The average molecular weight is 271 g/mol. The highest BCUT2D eigenvalue weighted by atomic mass is 35.5. The van der Waals surface area contributed by atoms with Crippen LogP contribution in [0.5, 0.6) is 0 Å². The number of hydrogen-bond donors (Lipinski definition) is 2. The van der Waals surface area contributed by atoms with E-state index in [0.29, 0.717) is 6.42 Å². The van der Waals surface area contributed by atoms with Crippen molar-refractivity contribution < 1.29 is 4.39 Å². The van der Waals surface area contributed by atoms with Gasteiger partial charge < -0.3 is 0 Å². The van der Waals surface area contributed by atoms with Crippen LogP contribution in [0.3, 0.4) is 0 Å². The fraction of sp³-hybridized carbons (Fsp3) is 0.571. The second-order valence-electron chi connectivity index (χ2n) is 5.17. The first-order valence-corrected chi connectivity index (χ1v) is 6.97. The molecule has 1 aromatic carbocycles. The summed E-state index contributed by atoms with van der Waals surface area (Å²) in [4.78, 5) is 0. The molecule has 0 aliphatic heterocycles. The molecule has 0 heterocycles. The van der Waals surface area contributed by atoms with Crippen LogP contribution in [0.25, 0.3) is 0 Å². The molecule has 0 saturated heterocycles. The number of hydrogen-bond acceptors (Lipinski definition) is 2. The first kappa shape index (κ1) is 13.8. The van der Waals surface area contributed by atoms with Gasteiger partial charge in [0.25, 0.3) is 0 Å². The third kappa shape index (κ3) is 3.44. The van der Waals surface area contributed by atoms with Gasteiger partial charge in [-0.2, -0.15) is 0 Å². The van der Waals surface area contributed by atoms with E-state index in [9.17, 15) is 4.39 Å². The molecule has 0 bridgehead atoms. The Bertz CT molecular complexity index is 391. The van der Waals surface area contributed by atoms with Crippen molar-refractivity contribution in [3.63, 3.8) is 0 Å². The van der Waals surface area contributed by atoms with Crippen molar-refractivity contribution in [1.82, 2.24) is 5.43 Å². The van der Waals surface area contributed by atoms with E-state index in [-0.39, 0.29) is 16.9 Å². The molecule has 1 aliphatic carbocycles. The highest BCUT2D eigenvalue weighted by Crippen LogP contribution is 2.30. The third-order valence-electron chi connectivity index (χ3n) is 3.83. The van der Waals surface area contributed by atoms with Gasteiger partial charge in [0.1, 0.15) is 5.82 Å². The fourth-order valence-corrected chi connectivity index (χ4v) is 3.03. The summed E-state index contributed by atoms with van der Waals surface area (Å²) in [5, 5.41) is 0.226. The maximum atomic E-state index is 13.4. The van der Waals surface area contributed by atoms with Gasteiger partial charge in [-0.05, 0) is 30.4 Å². The van der Waals surface area contributed by atoms with Crippen LogP contribution in [0.15, 0.2) is 18.2 Å². The van der Waals surface area contributed by atoms with E-state index in [2.05, 4.69) is 5.43 Å². The Morgan fingerprint density at radius 1 is 1.39 bits per heavy atom. The smallest absolute Gasteiger partial charge is 0.142 e. The highest BCUT2D eigenvalue weighted by molar-refractivity contribution is 6.31. The molecule has 1 aromatic rings. The van der Waals surface area contributed by atoms with E-state index in [1.54, 1.807) is 6.07 Å². The van der Waals surface area contributed by atoms with Crippen LogP contribution < -0.4 is 11.3 Å². The summed E-state index contributed by atoms with van der Waals surface area (Å²) < 4.78 is 13.4. The minimum atomic E-state index is -0.356. The van der Waals surface area contributed by atoms with Gasteiger partial charge in [0, 0.05) is 6.04 Å². The van der Waals surface area contributed by atoms with Gasteiger partial charge >= 0.3 is 0 Å². The Morgan fingerprint density at radius 3 is 2.78 bits per heavy atom. The molecule has 1 unspecified atom stereocenters. The molecule has 0 spiro atoms. The minimum Gasteiger partial charge on any atom is -0.271 e. The van der Waals surface area contributed by atoms with Gasteiger partial charge in [0.15, 0.2) is 0 Å². The summed E-state index contributed by atoms with van der Waals surface area (Å²) >= 11 is 5.97. The minimum absolute atomic E-state index is 0.174. The summed E-state index contributed by atoms with van der Waals surface area (Å²) in [6.07, 6.45) is 6.95. The Morgan fingerprint density at radius 2 is 2.11 bits per heavy atom. The monoisotopic (exact) mass is 270 g/mol. The zero-order valence-electron chi connectivity index (χ0n) is 10.5. The summed E-state index contributed by atoms with van der Waals surface area (Å²) in [6, 6.07) is 5.12. The highest BCUT2D eigenvalue weighted by Gasteiger charge is 2.20. The van der Waals surface area contributed by atoms with E-state index in [0.717, 1.165) is 17.9 Å². The normalized spacial score (nSPS) is 18.2. The molecule has 2 rings (SSSR count). The lowest BCUT2D eigenvalue weighted by Gasteiger charge is -2.20. The predicted molar refractivity (Wildman–Crippen MR) is 72.8 cm³/mol. The second-order valence-corrected chi connectivity index (χ2v) is 5.54. The molecular weight excluding hydrogens is 251 g/mol. The summed E-state index contributed by atoms with van der Waals surface area (Å²) in [6.45, 7) is 0. The largest absolute Gasteiger partial charge is 0.271 e. The number of nitrogens with one attached hydrogen (secondary N) is 1. The van der Waals surface area contributed by atoms with Gasteiger partial charge in [-0.1, -0.05) is 49.4 Å². The van der Waals surface area contributed by atoms with Crippen molar-refractivity contribution in [2.75, 3.05) is 0 Å². The molecule has 1 saturated carbocycles. The maximum absolute atomic E-state index is 13.4. The third-order valence-corrected chi connectivity index (χ3v) is 4.25. The summed E-state index contributed by atoms with van der Waals surface area (Å²) in [7, 11) is 0. The standard InChI is InChI=1S/C14H20ClFN2/c15-14-11(6-3-7-13(14)16)9-12(18-17)8-10-4-1-2-5-10/h3,6-7,10,12,18H,1-2,4-5,8-9,17H2. The predicted octanol–water partition coefficient (Wildman–Crippen LogP) is 3.43. The van der Waals surface area contributed by atoms with Gasteiger partial charge in [-0.15, -0.1) is 0 Å². The van der Waals surface area contributed by atoms with Gasteiger partial charge in [-0.25, -0.2) is 4.39 Å². The van der Waals surface area contributed by atoms with Crippen molar-refractivity contribution in [1.29, 1.82) is 0 Å². The van der Waals surface area contributed by atoms with E-state index in [1.807, 2.05) is 6.07 Å². The summed E-state index contributed by atoms with van der Waals surface area (Å²) in [5.74, 6) is 5.99. The number of hydrazine groups is 1. The van der Waals surface area contributed by atoms with Crippen molar-refractivity contribution >= 4 is 11.6 Å². The Labute approximate surface area is 113 Å². The number of halogens is 2. The van der Waals surface area contributed by atoms with E-state index in [1.165, 1.54) is 31.7 Å². The molecule has 1 aliphatic rings. The van der Waals surface area contributed by atoms with Crippen LogP contribution in [0, 0.1) is 11.7 Å². The molecule has 0 aromatic heterocycles. The second kappa shape index (κ2) is 6.50. The van der Waals surface area contributed by atoms with E-state index >= 15 is 0 Å². The molecule has 0 radical (unpaired) electrons. The lowest BCUT2D eigenvalue weighted by molar-refractivity contribution is 0.389. The van der Waals surface area contributed by atoms with Crippen LogP contribution in [0.4, 0.5) is 4.39 Å². The summed E-state index contributed by atoms with van der Waals surface area (Å²) in [5.41, 5.74) is 3.67. The molecule has 100 valence electrons. The molecule has 2 nitrogen and oxygen atoms in total. The van der Waals surface area contributed by atoms with Crippen LogP contribution >= 0.6 is 11.6 Å². The molecular formula is C14H20ClFN2. The van der Waals surface area contributed by atoms with Crippen LogP contribution in [0.1, 0.15) is 37.7 Å². The van der Waals surface area contributed by atoms with Crippen LogP contribution in [0.2, 0.25) is 5.02 Å². The molecule has 1 atom stereocenters. The SMILES string of the molecule is NNC(Cc1cccc(F)c1Cl)CC1CCCC1. The molecule has 18 heavy (non-hydrogen) atoms. The molecule has 4 heteroatoms. The van der Waals surface area contributed by atoms with Crippen molar-refractivity contribution in [2.24, 2.45) is 11.8 Å². The molecule has 3 N–H and O–H groups in total. The van der Waals surface area contributed by atoms with Crippen LogP contribution in [-0.2, 0) is 6.42 Å². The quantitative estimate of drug-likeness (QED) is 0.635. The number of rotatable bonds is 5. The fourth-order valence-electron chi connectivity index (χ4n) is 2.83. The first-order valence-electron chi connectivity index (χ1n) is 6.59. The number of benzene rings is 1. The van der Waals surface area contributed by atoms with Crippen molar-refractivity contribution in [3.05, 3.63) is 34.6 Å². The average Bonchev–Trinajstić information content (AvgIpc) is 2.86. The Balaban J connectivity index is 1.98. The van der Waals surface area contributed by atoms with Gasteiger partial charge in [0.05, 0.1) is 5.02 Å². The molecule has 1 fully saturated rings. The molecule has 0 amide bonds. The first-order chi connectivity index (χ1) is 8.70. The topological polar surface area (TPSA) is 38.0 Å². The lowest BCUT2D eigenvalue weighted by atomic mass is 9.94. The number of nitrogens with two attached hydrogens (primary N) is 1. The van der Waals surface area contributed by atoms with Gasteiger partial charge in [-0.3, -0.25) is 11.3 Å². The van der Waals surface area contributed by atoms with Crippen molar-refractivity contribution in [3.8, 4) is 0 Å². The Kier molecular flexibility index (Phi) is 4.98. The van der Waals surface area contributed by atoms with Crippen molar-refractivity contribution in [2.45, 2.75) is 44.6 Å². The van der Waals surface area contributed by atoms with E-state index < -0.39 is 0 Å². The Hall–Kier alpha value is -0.640. The zero-order valence-corrected chi connectivity index (χ0v) is 11.2. The van der Waals surface area contributed by atoms with Crippen LogP contribution in [-0.4, -0.2) is 6.04 Å². The lowest BCUT2D eigenvalue weighted by Crippen LogP contribution is -2.38. The van der Waals surface area contributed by atoms with E-state index in [4.69, 9.17) is 17.4 Å². The zero-order chi connectivity index (χ0) is 13.0. The maximum Gasteiger partial charge on any atom is 0.142 e. The van der Waals surface area contributed by atoms with Gasteiger partial charge in [0.2, 0.25) is 0 Å².